The van der Waals surface area contributed by atoms with Gasteiger partial charge in [-0.1, -0.05) is 0 Å². The molecule has 1 saturated carbocycles. The second-order valence-corrected chi connectivity index (χ2v) is 7.83. The van der Waals surface area contributed by atoms with E-state index in [1.54, 1.807) is 6.33 Å². The van der Waals surface area contributed by atoms with E-state index in [4.69, 9.17) is 0 Å². The largest absolute Gasteiger partial charge is 0.391 e. The zero-order valence-electron chi connectivity index (χ0n) is 15.2. The normalized spacial score (nSPS) is 27.1. The summed E-state index contributed by atoms with van der Waals surface area (Å²) >= 11 is 0. The highest BCUT2D eigenvalue weighted by Gasteiger charge is 2.35. The lowest BCUT2D eigenvalue weighted by Crippen LogP contribution is -2.57. The zero-order chi connectivity index (χ0) is 17.5. The summed E-state index contributed by atoms with van der Waals surface area (Å²) in [7, 11) is 0. The third-order valence-corrected chi connectivity index (χ3v) is 6.35. The number of hydrogen-bond donors (Lipinski definition) is 1. The molecular weight excluding hydrogens is 326 g/mol. The van der Waals surface area contributed by atoms with Gasteiger partial charge in [-0.2, -0.15) is 0 Å². The molecule has 6 nitrogen and oxygen atoms in total. The van der Waals surface area contributed by atoms with Gasteiger partial charge in [0, 0.05) is 56.4 Å². The van der Waals surface area contributed by atoms with E-state index in [0.29, 0.717) is 6.04 Å². The molecule has 2 aliphatic heterocycles. The first-order valence-corrected chi connectivity index (χ1v) is 9.96. The first-order valence-electron chi connectivity index (χ1n) is 9.96. The highest BCUT2D eigenvalue weighted by atomic mass is 16.3. The fraction of sp³-hybridized carbons (Fsp3) is 0.600. The summed E-state index contributed by atoms with van der Waals surface area (Å²) < 4.78 is 0. The minimum absolute atomic E-state index is 0.109. The molecule has 2 unspecified atom stereocenters. The predicted molar refractivity (Wildman–Crippen MR) is 104 cm³/mol. The summed E-state index contributed by atoms with van der Waals surface area (Å²) in [6, 6.07) is 6.99. The van der Waals surface area contributed by atoms with E-state index >= 15 is 0 Å². The number of benzene rings is 1. The first kappa shape index (κ1) is 16.3. The van der Waals surface area contributed by atoms with Gasteiger partial charge in [0.05, 0.1) is 11.6 Å². The van der Waals surface area contributed by atoms with Crippen LogP contribution in [0, 0.1) is 0 Å². The predicted octanol–water partition coefficient (Wildman–Crippen LogP) is 1.88. The lowest BCUT2D eigenvalue weighted by Gasteiger charge is -2.46. The second-order valence-electron chi connectivity index (χ2n) is 7.83. The van der Waals surface area contributed by atoms with Gasteiger partial charge in [-0.3, -0.25) is 4.90 Å². The third kappa shape index (κ3) is 2.81. The van der Waals surface area contributed by atoms with Crippen molar-refractivity contribution >= 4 is 22.4 Å². The van der Waals surface area contributed by atoms with Crippen LogP contribution in [0.2, 0.25) is 0 Å². The Balaban J connectivity index is 1.37. The van der Waals surface area contributed by atoms with E-state index in [1.807, 2.05) is 0 Å². The van der Waals surface area contributed by atoms with Crippen LogP contribution in [0.15, 0.2) is 24.5 Å². The molecule has 0 spiro atoms. The third-order valence-electron chi connectivity index (χ3n) is 6.35. The summed E-state index contributed by atoms with van der Waals surface area (Å²) in [5.74, 6) is 1.09. The van der Waals surface area contributed by atoms with Crippen LogP contribution in [0.25, 0.3) is 10.9 Å². The minimum Gasteiger partial charge on any atom is -0.391 e. The lowest BCUT2D eigenvalue weighted by molar-refractivity contribution is -0.0229. The van der Waals surface area contributed by atoms with Crippen molar-refractivity contribution in [3.8, 4) is 0 Å². The van der Waals surface area contributed by atoms with Crippen molar-refractivity contribution < 1.29 is 5.11 Å². The summed E-state index contributed by atoms with van der Waals surface area (Å²) in [5, 5.41) is 11.1. The van der Waals surface area contributed by atoms with Crippen LogP contribution < -0.4 is 9.80 Å². The van der Waals surface area contributed by atoms with Gasteiger partial charge in [-0.15, -0.1) is 0 Å². The molecule has 0 amide bonds. The van der Waals surface area contributed by atoms with E-state index in [2.05, 4.69) is 42.9 Å². The zero-order valence-corrected chi connectivity index (χ0v) is 15.2. The van der Waals surface area contributed by atoms with Gasteiger partial charge in [-0.05, 0) is 43.9 Å². The topological polar surface area (TPSA) is 55.7 Å². The maximum atomic E-state index is 9.92. The van der Waals surface area contributed by atoms with Crippen LogP contribution in [0.5, 0.6) is 0 Å². The Morgan fingerprint density at radius 2 is 1.69 bits per heavy atom. The molecule has 1 aromatic carbocycles. The molecule has 2 aromatic rings. The van der Waals surface area contributed by atoms with Gasteiger partial charge < -0.3 is 14.9 Å². The molecule has 138 valence electrons. The number of rotatable bonds is 3. The molecule has 1 aliphatic carbocycles. The summed E-state index contributed by atoms with van der Waals surface area (Å²) in [5.41, 5.74) is 2.29. The van der Waals surface area contributed by atoms with Gasteiger partial charge in [0.15, 0.2) is 0 Å². The van der Waals surface area contributed by atoms with Gasteiger partial charge in [0.2, 0.25) is 0 Å². The van der Waals surface area contributed by atoms with Crippen molar-refractivity contribution in [3.05, 3.63) is 24.5 Å². The highest BCUT2D eigenvalue weighted by molar-refractivity contribution is 5.92. The van der Waals surface area contributed by atoms with Gasteiger partial charge in [-0.25, -0.2) is 9.97 Å². The molecular formula is C20H27N5O. The van der Waals surface area contributed by atoms with Crippen molar-refractivity contribution in [3.63, 3.8) is 0 Å². The quantitative estimate of drug-likeness (QED) is 0.909. The Kier molecular flexibility index (Phi) is 4.17. The number of piperazine rings is 1. The van der Waals surface area contributed by atoms with Crippen molar-refractivity contribution in [2.24, 2.45) is 0 Å². The van der Waals surface area contributed by atoms with Crippen LogP contribution in [-0.2, 0) is 0 Å². The van der Waals surface area contributed by atoms with E-state index in [1.165, 1.54) is 23.9 Å². The molecule has 2 atom stereocenters. The molecule has 3 heterocycles. The van der Waals surface area contributed by atoms with Gasteiger partial charge in [0.25, 0.3) is 0 Å². The van der Waals surface area contributed by atoms with Crippen LogP contribution in [0.3, 0.4) is 0 Å². The molecule has 5 rings (SSSR count). The Hall–Kier alpha value is -1.92. The van der Waals surface area contributed by atoms with Crippen LogP contribution in [0.4, 0.5) is 11.5 Å². The van der Waals surface area contributed by atoms with Crippen LogP contribution in [0.1, 0.15) is 25.7 Å². The molecule has 0 bridgehead atoms. The number of aliphatic hydroxyl groups is 1. The number of hydrogen-bond acceptors (Lipinski definition) is 6. The van der Waals surface area contributed by atoms with Gasteiger partial charge in [0.1, 0.15) is 12.1 Å². The molecule has 1 aromatic heterocycles. The Morgan fingerprint density at radius 3 is 2.38 bits per heavy atom. The Morgan fingerprint density at radius 1 is 0.885 bits per heavy atom. The maximum Gasteiger partial charge on any atom is 0.139 e. The smallest absolute Gasteiger partial charge is 0.139 e. The molecule has 26 heavy (non-hydrogen) atoms. The summed E-state index contributed by atoms with van der Waals surface area (Å²) in [6.07, 6.45) is 6.20. The number of nitrogens with zero attached hydrogens (tertiary/aromatic N) is 5. The van der Waals surface area contributed by atoms with Crippen molar-refractivity contribution in [1.82, 2.24) is 14.9 Å². The van der Waals surface area contributed by atoms with Crippen LogP contribution >= 0.6 is 0 Å². The Bertz CT molecular complexity index is 783. The molecule has 3 aliphatic rings. The summed E-state index contributed by atoms with van der Waals surface area (Å²) in [6.45, 7) is 6.29. The Labute approximate surface area is 154 Å². The fourth-order valence-electron chi connectivity index (χ4n) is 4.61. The van der Waals surface area contributed by atoms with E-state index in [-0.39, 0.29) is 6.10 Å². The number of aliphatic hydroxyl groups excluding tert-OH is 1. The monoisotopic (exact) mass is 353 g/mol. The van der Waals surface area contributed by atoms with Crippen molar-refractivity contribution in [2.75, 3.05) is 49.1 Å². The summed E-state index contributed by atoms with van der Waals surface area (Å²) in [4.78, 5) is 16.4. The number of aromatic nitrogens is 2. The van der Waals surface area contributed by atoms with E-state index < -0.39 is 0 Å². The second kappa shape index (κ2) is 6.67. The minimum atomic E-state index is -0.109. The van der Waals surface area contributed by atoms with Gasteiger partial charge >= 0.3 is 0 Å². The SMILES string of the molecule is OC1CCC1N1CCN(c2ccc3ncnc(N4CCCC4)c3c2)CC1. The van der Waals surface area contributed by atoms with E-state index in [9.17, 15) is 5.11 Å². The van der Waals surface area contributed by atoms with Crippen molar-refractivity contribution in [1.29, 1.82) is 0 Å². The first-order chi connectivity index (χ1) is 12.8. The molecule has 3 fully saturated rings. The molecule has 2 saturated heterocycles. The molecule has 6 heteroatoms. The number of anilines is 2. The average Bonchev–Trinajstić information content (AvgIpc) is 3.21. The van der Waals surface area contributed by atoms with Crippen molar-refractivity contribution in [2.45, 2.75) is 37.8 Å². The van der Waals surface area contributed by atoms with E-state index in [0.717, 1.165) is 63.4 Å². The number of fused-ring (bicyclic) bond motifs is 1. The maximum absolute atomic E-state index is 9.92. The molecule has 0 radical (unpaired) electrons. The fourth-order valence-corrected chi connectivity index (χ4v) is 4.61. The highest BCUT2D eigenvalue weighted by Crippen LogP contribution is 2.31. The van der Waals surface area contributed by atoms with Crippen LogP contribution in [-0.4, -0.2) is 71.4 Å². The average molecular weight is 353 g/mol. The molecule has 1 N–H and O–H groups in total. The lowest BCUT2D eigenvalue weighted by atomic mass is 9.87. The standard InChI is InChI=1S/C20H27N5O/c26-19-6-5-18(19)24-11-9-23(10-12-24)15-3-4-17-16(13-15)20(22-14-21-17)25-7-1-2-8-25/h3-4,13-14,18-19,26H,1-2,5-12H2.